The molecule has 2 aromatic carbocycles. The minimum absolute atomic E-state index is 0.394. The second-order valence-electron chi connectivity index (χ2n) is 4.30. The van der Waals surface area contributed by atoms with Gasteiger partial charge in [0.15, 0.2) is 0 Å². The SMILES string of the molecule is COc1cccc(C(O)CNc2ccc(Br)c(Cl)c2)c1. The number of rotatable bonds is 5. The fourth-order valence-electron chi connectivity index (χ4n) is 1.79. The quantitative estimate of drug-likeness (QED) is 0.841. The van der Waals surface area contributed by atoms with Crippen molar-refractivity contribution in [1.82, 2.24) is 0 Å². The number of methoxy groups -OCH3 is 1. The molecule has 0 aliphatic heterocycles. The highest BCUT2D eigenvalue weighted by Crippen LogP contribution is 2.26. The predicted octanol–water partition coefficient (Wildman–Crippen LogP) is 4.26. The van der Waals surface area contributed by atoms with Crippen LogP contribution in [0.15, 0.2) is 46.9 Å². The predicted molar refractivity (Wildman–Crippen MR) is 85.6 cm³/mol. The summed E-state index contributed by atoms with van der Waals surface area (Å²) in [5, 5.41) is 13.9. The van der Waals surface area contributed by atoms with E-state index < -0.39 is 6.10 Å². The van der Waals surface area contributed by atoms with E-state index in [1.54, 1.807) is 7.11 Å². The Kier molecular flexibility index (Phi) is 5.29. The number of aliphatic hydroxyl groups is 1. The summed E-state index contributed by atoms with van der Waals surface area (Å²) in [6.07, 6.45) is -0.618. The van der Waals surface area contributed by atoms with E-state index in [2.05, 4.69) is 21.2 Å². The van der Waals surface area contributed by atoms with Crippen LogP contribution in [0.3, 0.4) is 0 Å². The molecule has 0 saturated carbocycles. The summed E-state index contributed by atoms with van der Waals surface area (Å²) in [7, 11) is 1.60. The summed E-state index contributed by atoms with van der Waals surface area (Å²) in [5.41, 5.74) is 1.67. The van der Waals surface area contributed by atoms with E-state index >= 15 is 0 Å². The molecular formula is C15H15BrClNO2. The first-order chi connectivity index (χ1) is 9.60. The van der Waals surface area contributed by atoms with Gasteiger partial charge in [0, 0.05) is 16.7 Å². The number of ether oxygens (including phenoxy) is 1. The van der Waals surface area contributed by atoms with Gasteiger partial charge in [0.05, 0.1) is 18.2 Å². The second-order valence-corrected chi connectivity index (χ2v) is 5.56. The average Bonchev–Trinajstić information content (AvgIpc) is 2.48. The zero-order chi connectivity index (χ0) is 14.5. The monoisotopic (exact) mass is 355 g/mol. The van der Waals surface area contributed by atoms with E-state index in [-0.39, 0.29) is 0 Å². The Morgan fingerprint density at radius 1 is 1.30 bits per heavy atom. The lowest BCUT2D eigenvalue weighted by Gasteiger charge is -2.14. The van der Waals surface area contributed by atoms with Crippen LogP contribution >= 0.6 is 27.5 Å². The van der Waals surface area contributed by atoms with E-state index in [1.165, 1.54) is 0 Å². The van der Waals surface area contributed by atoms with E-state index in [4.69, 9.17) is 16.3 Å². The zero-order valence-electron chi connectivity index (χ0n) is 10.9. The normalized spacial score (nSPS) is 12.0. The molecule has 2 rings (SSSR count). The van der Waals surface area contributed by atoms with E-state index in [0.717, 1.165) is 21.5 Å². The van der Waals surface area contributed by atoms with Crippen LogP contribution < -0.4 is 10.1 Å². The largest absolute Gasteiger partial charge is 0.497 e. The molecule has 0 fully saturated rings. The minimum Gasteiger partial charge on any atom is -0.497 e. The van der Waals surface area contributed by atoms with Gasteiger partial charge in [-0.05, 0) is 51.8 Å². The molecule has 106 valence electrons. The topological polar surface area (TPSA) is 41.5 Å². The summed E-state index contributed by atoms with van der Waals surface area (Å²) < 4.78 is 5.99. The van der Waals surface area contributed by atoms with Gasteiger partial charge >= 0.3 is 0 Å². The molecule has 3 nitrogen and oxygen atoms in total. The first-order valence-corrected chi connectivity index (χ1v) is 7.28. The van der Waals surface area contributed by atoms with Gasteiger partial charge in [-0.25, -0.2) is 0 Å². The van der Waals surface area contributed by atoms with Gasteiger partial charge in [0.1, 0.15) is 5.75 Å². The Bertz CT molecular complexity index is 592. The van der Waals surface area contributed by atoms with Crippen molar-refractivity contribution in [3.63, 3.8) is 0 Å². The Hall–Kier alpha value is -1.23. The molecule has 5 heteroatoms. The van der Waals surface area contributed by atoms with Crippen molar-refractivity contribution < 1.29 is 9.84 Å². The molecular weight excluding hydrogens is 342 g/mol. The van der Waals surface area contributed by atoms with Gasteiger partial charge in [0.2, 0.25) is 0 Å². The molecule has 2 N–H and O–H groups in total. The van der Waals surface area contributed by atoms with Crippen molar-refractivity contribution >= 4 is 33.2 Å². The number of aliphatic hydroxyl groups excluding tert-OH is 1. The number of anilines is 1. The van der Waals surface area contributed by atoms with Crippen molar-refractivity contribution in [1.29, 1.82) is 0 Å². The molecule has 0 saturated heterocycles. The Morgan fingerprint density at radius 3 is 2.80 bits per heavy atom. The lowest BCUT2D eigenvalue weighted by Crippen LogP contribution is -2.12. The summed E-state index contributed by atoms with van der Waals surface area (Å²) in [5.74, 6) is 0.730. The van der Waals surface area contributed by atoms with Crippen LogP contribution in [0.1, 0.15) is 11.7 Å². The Morgan fingerprint density at radius 2 is 2.10 bits per heavy atom. The number of benzene rings is 2. The summed E-state index contributed by atoms with van der Waals surface area (Å²) in [6.45, 7) is 0.394. The lowest BCUT2D eigenvalue weighted by atomic mass is 10.1. The van der Waals surface area contributed by atoms with Crippen LogP contribution in [0, 0.1) is 0 Å². The number of hydrogen-bond donors (Lipinski definition) is 2. The van der Waals surface area contributed by atoms with Crippen LogP contribution in [0.4, 0.5) is 5.69 Å². The van der Waals surface area contributed by atoms with Gasteiger partial charge in [-0.1, -0.05) is 23.7 Å². The van der Waals surface area contributed by atoms with E-state index in [1.807, 2.05) is 42.5 Å². The summed E-state index contributed by atoms with van der Waals surface area (Å²) in [6, 6.07) is 13.0. The minimum atomic E-state index is -0.618. The van der Waals surface area contributed by atoms with Gasteiger partial charge in [0.25, 0.3) is 0 Å². The van der Waals surface area contributed by atoms with Gasteiger partial charge < -0.3 is 15.2 Å². The zero-order valence-corrected chi connectivity index (χ0v) is 13.3. The molecule has 0 aromatic heterocycles. The van der Waals surface area contributed by atoms with E-state index in [9.17, 15) is 5.11 Å². The van der Waals surface area contributed by atoms with Crippen molar-refractivity contribution in [2.45, 2.75) is 6.10 Å². The smallest absolute Gasteiger partial charge is 0.119 e. The number of hydrogen-bond acceptors (Lipinski definition) is 3. The first-order valence-electron chi connectivity index (χ1n) is 6.11. The summed E-state index contributed by atoms with van der Waals surface area (Å²) >= 11 is 9.36. The molecule has 1 unspecified atom stereocenters. The third kappa shape index (κ3) is 3.88. The van der Waals surface area contributed by atoms with Gasteiger partial charge in [-0.3, -0.25) is 0 Å². The van der Waals surface area contributed by atoms with Crippen LogP contribution in [0.2, 0.25) is 5.02 Å². The fourth-order valence-corrected chi connectivity index (χ4v) is 2.21. The molecule has 2 aromatic rings. The Balaban J connectivity index is 2.00. The van der Waals surface area contributed by atoms with Crippen LogP contribution in [0.5, 0.6) is 5.75 Å². The van der Waals surface area contributed by atoms with Gasteiger partial charge in [-0.15, -0.1) is 0 Å². The molecule has 20 heavy (non-hydrogen) atoms. The first kappa shape index (κ1) is 15.2. The standard InChI is InChI=1S/C15H15BrClNO2/c1-20-12-4-2-3-10(7-12)15(19)9-18-11-5-6-13(16)14(17)8-11/h2-8,15,18-19H,9H2,1H3. The highest BCUT2D eigenvalue weighted by molar-refractivity contribution is 9.10. The van der Waals surface area contributed by atoms with Crippen molar-refractivity contribution in [2.24, 2.45) is 0 Å². The van der Waals surface area contributed by atoms with Crippen LogP contribution in [-0.4, -0.2) is 18.8 Å². The maximum absolute atomic E-state index is 10.2. The molecule has 0 aliphatic rings. The third-order valence-corrected chi connectivity index (χ3v) is 4.13. The van der Waals surface area contributed by atoms with Crippen LogP contribution in [0.25, 0.3) is 0 Å². The average molecular weight is 357 g/mol. The highest BCUT2D eigenvalue weighted by atomic mass is 79.9. The van der Waals surface area contributed by atoms with E-state index in [0.29, 0.717) is 11.6 Å². The van der Waals surface area contributed by atoms with Crippen molar-refractivity contribution in [3.05, 3.63) is 57.5 Å². The van der Waals surface area contributed by atoms with Crippen molar-refractivity contribution in [3.8, 4) is 5.75 Å². The third-order valence-electron chi connectivity index (χ3n) is 2.90. The van der Waals surface area contributed by atoms with Crippen molar-refractivity contribution in [2.75, 3.05) is 19.0 Å². The van der Waals surface area contributed by atoms with Crippen LogP contribution in [-0.2, 0) is 0 Å². The Labute approximate surface area is 131 Å². The molecule has 0 aliphatic carbocycles. The molecule has 0 spiro atoms. The highest BCUT2D eigenvalue weighted by Gasteiger charge is 2.08. The molecule has 0 bridgehead atoms. The van der Waals surface area contributed by atoms with Gasteiger partial charge in [-0.2, -0.15) is 0 Å². The maximum Gasteiger partial charge on any atom is 0.119 e. The second kappa shape index (κ2) is 6.97. The molecule has 0 radical (unpaired) electrons. The fraction of sp³-hybridized carbons (Fsp3) is 0.200. The number of halogens is 2. The molecule has 0 heterocycles. The molecule has 1 atom stereocenters. The summed E-state index contributed by atoms with van der Waals surface area (Å²) in [4.78, 5) is 0. The lowest BCUT2D eigenvalue weighted by molar-refractivity contribution is 0.191. The number of nitrogens with one attached hydrogen (secondary N) is 1. The molecule has 0 amide bonds. The maximum atomic E-state index is 10.2.